The second-order valence-corrected chi connectivity index (χ2v) is 3.80. The van der Waals surface area contributed by atoms with Crippen LogP contribution >= 0.6 is 0 Å². The molecule has 0 aliphatic heterocycles. The number of aliphatic hydroxyl groups is 1. The number of benzene rings is 2. The first-order valence-electron chi connectivity index (χ1n) is 5.86. The highest BCUT2D eigenvalue weighted by atomic mass is 16.5. The number of fused-ring (bicyclic) bond motifs is 1. The molecule has 0 fully saturated rings. The molecule has 0 saturated carbocycles. The minimum atomic E-state index is -0.505. The molecule has 98 valence electrons. The molecule has 2 aromatic carbocycles. The lowest BCUT2D eigenvalue weighted by Gasteiger charge is -2.10. The zero-order chi connectivity index (χ0) is 13.7. The number of esters is 1. The maximum absolute atomic E-state index is 11.3. The molecule has 0 bridgehead atoms. The molecule has 1 N–H and O–H groups in total. The third kappa shape index (κ3) is 2.92. The molecule has 4 nitrogen and oxygen atoms in total. The standard InChI is InChI=1S/C15H14O4/c1-2-15(17)19-14-8-4-5-11-12(14)6-3-7-13(11)18-10-9-16/h2-8,16H,1,9-10H2. The van der Waals surface area contributed by atoms with E-state index in [1.54, 1.807) is 24.3 Å². The highest BCUT2D eigenvalue weighted by Gasteiger charge is 2.08. The van der Waals surface area contributed by atoms with Crippen molar-refractivity contribution < 1.29 is 19.4 Å². The topological polar surface area (TPSA) is 55.8 Å². The van der Waals surface area contributed by atoms with Gasteiger partial charge in [0, 0.05) is 16.8 Å². The van der Waals surface area contributed by atoms with Gasteiger partial charge in [-0.15, -0.1) is 0 Å². The molecule has 0 saturated heterocycles. The first-order valence-corrected chi connectivity index (χ1v) is 5.86. The molecule has 0 atom stereocenters. The maximum atomic E-state index is 11.3. The van der Waals surface area contributed by atoms with Gasteiger partial charge in [0.2, 0.25) is 0 Å². The summed E-state index contributed by atoms with van der Waals surface area (Å²) >= 11 is 0. The van der Waals surface area contributed by atoms with Crippen LogP contribution in [0.4, 0.5) is 0 Å². The smallest absolute Gasteiger partial charge is 0.335 e. The highest BCUT2D eigenvalue weighted by molar-refractivity contribution is 5.95. The summed E-state index contributed by atoms with van der Waals surface area (Å²) in [6, 6.07) is 10.8. The van der Waals surface area contributed by atoms with Crippen LogP contribution in [0.3, 0.4) is 0 Å². The molecule has 0 unspecified atom stereocenters. The van der Waals surface area contributed by atoms with Crippen molar-refractivity contribution in [3.63, 3.8) is 0 Å². The van der Waals surface area contributed by atoms with E-state index in [2.05, 4.69) is 6.58 Å². The average Bonchev–Trinajstić information content (AvgIpc) is 2.45. The third-order valence-corrected chi connectivity index (χ3v) is 2.57. The molecule has 0 aliphatic carbocycles. The summed E-state index contributed by atoms with van der Waals surface area (Å²) in [4.78, 5) is 11.3. The fraction of sp³-hybridized carbons (Fsp3) is 0.133. The monoisotopic (exact) mass is 258 g/mol. The van der Waals surface area contributed by atoms with Crippen LogP contribution in [0.5, 0.6) is 11.5 Å². The molecule has 0 radical (unpaired) electrons. The van der Waals surface area contributed by atoms with Crippen LogP contribution in [0.1, 0.15) is 0 Å². The van der Waals surface area contributed by atoms with E-state index in [-0.39, 0.29) is 13.2 Å². The molecule has 4 heteroatoms. The van der Waals surface area contributed by atoms with Gasteiger partial charge in [-0.1, -0.05) is 30.8 Å². The lowest BCUT2D eigenvalue weighted by Crippen LogP contribution is -2.04. The molecule has 19 heavy (non-hydrogen) atoms. The lowest BCUT2D eigenvalue weighted by molar-refractivity contribution is -0.128. The minimum absolute atomic E-state index is 0.0540. The van der Waals surface area contributed by atoms with Crippen molar-refractivity contribution in [1.29, 1.82) is 0 Å². The van der Waals surface area contributed by atoms with E-state index >= 15 is 0 Å². The summed E-state index contributed by atoms with van der Waals surface area (Å²) < 4.78 is 10.6. The van der Waals surface area contributed by atoms with Gasteiger partial charge in [0.1, 0.15) is 18.1 Å². The number of ether oxygens (including phenoxy) is 2. The van der Waals surface area contributed by atoms with Crippen molar-refractivity contribution >= 4 is 16.7 Å². The second kappa shape index (κ2) is 6.02. The van der Waals surface area contributed by atoms with Gasteiger partial charge in [0.05, 0.1) is 6.61 Å². The molecule has 0 amide bonds. The van der Waals surface area contributed by atoms with Crippen LogP contribution in [0, 0.1) is 0 Å². The molecule has 0 spiro atoms. The van der Waals surface area contributed by atoms with Gasteiger partial charge in [-0.2, -0.15) is 0 Å². The number of aliphatic hydroxyl groups excluding tert-OH is 1. The largest absolute Gasteiger partial charge is 0.491 e. The Morgan fingerprint density at radius 1 is 1.16 bits per heavy atom. The van der Waals surface area contributed by atoms with E-state index in [0.29, 0.717) is 11.5 Å². The van der Waals surface area contributed by atoms with Crippen LogP contribution in [0.15, 0.2) is 49.1 Å². The summed E-state index contributed by atoms with van der Waals surface area (Å²) in [5.74, 6) is 0.592. The van der Waals surface area contributed by atoms with E-state index < -0.39 is 5.97 Å². The van der Waals surface area contributed by atoms with Crippen LogP contribution in [-0.4, -0.2) is 24.3 Å². The van der Waals surface area contributed by atoms with Crippen LogP contribution in [0.2, 0.25) is 0 Å². The fourth-order valence-electron chi connectivity index (χ4n) is 1.77. The third-order valence-electron chi connectivity index (χ3n) is 2.57. The van der Waals surface area contributed by atoms with E-state index in [9.17, 15) is 4.79 Å². The highest BCUT2D eigenvalue weighted by Crippen LogP contribution is 2.32. The van der Waals surface area contributed by atoms with Crippen molar-refractivity contribution in [2.45, 2.75) is 0 Å². The van der Waals surface area contributed by atoms with Crippen LogP contribution in [0.25, 0.3) is 10.8 Å². The normalized spacial score (nSPS) is 10.2. The summed E-state index contributed by atoms with van der Waals surface area (Å²) in [7, 11) is 0. The second-order valence-electron chi connectivity index (χ2n) is 3.80. The maximum Gasteiger partial charge on any atom is 0.335 e. The fourth-order valence-corrected chi connectivity index (χ4v) is 1.77. The Hall–Kier alpha value is -2.33. The first-order chi connectivity index (χ1) is 9.26. The van der Waals surface area contributed by atoms with Gasteiger partial charge < -0.3 is 14.6 Å². The van der Waals surface area contributed by atoms with Gasteiger partial charge in [0.25, 0.3) is 0 Å². The van der Waals surface area contributed by atoms with Crippen molar-refractivity contribution in [3.8, 4) is 11.5 Å². The predicted octanol–water partition coefficient (Wildman–Crippen LogP) is 2.30. The number of carbonyl (C=O) groups excluding carboxylic acids is 1. The molecular weight excluding hydrogens is 244 g/mol. The van der Waals surface area contributed by atoms with E-state index in [1.807, 2.05) is 12.1 Å². The Bertz CT molecular complexity index is 604. The number of rotatable bonds is 5. The SMILES string of the molecule is C=CC(=O)Oc1cccc2c(OCCO)cccc12. The van der Waals surface area contributed by atoms with Gasteiger partial charge in [-0.3, -0.25) is 0 Å². The Labute approximate surface area is 110 Å². The Balaban J connectivity index is 2.44. The molecule has 2 rings (SSSR count). The Morgan fingerprint density at radius 3 is 2.42 bits per heavy atom. The predicted molar refractivity (Wildman–Crippen MR) is 72.4 cm³/mol. The van der Waals surface area contributed by atoms with Crippen molar-refractivity contribution in [3.05, 3.63) is 49.1 Å². The van der Waals surface area contributed by atoms with E-state index in [0.717, 1.165) is 16.8 Å². The summed E-state index contributed by atoms with van der Waals surface area (Å²) in [6.07, 6.45) is 1.12. The average molecular weight is 258 g/mol. The van der Waals surface area contributed by atoms with Gasteiger partial charge >= 0.3 is 5.97 Å². The van der Waals surface area contributed by atoms with Crippen LogP contribution < -0.4 is 9.47 Å². The lowest BCUT2D eigenvalue weighted by atomic mass is 10.1. The van der Waals surface area contributed by atoms with Gasteiger partial charge in [-0.25, -0.2) is 4.79 Å². The Morgan fingerprint density at radius 2 is 1.79 bits per heavy atom. The molecule has 0 aliphatic rings. The Kier molecular flexibility index (Phi) is 4.15. The van der Waals surface area contributed by atoms with Crippen LogP contribution in [-0.2, 0) is 4.79 Å². The summed E-state index contributed by atoms with van der Waals surface area (Å²) in [5.41, 5.74) is 0. The van der Waals surface area contributed by atoms with E-state index in [4.69, 9.17) is 14.6 Å². The molecule has 2 aromatic rings. The summed E-state index contributed by atoms with van der Waals surface area (Å²) in [5, 5.41) is 10.4. The molecule has 0 heterocycles. The quantitative estimate of drug-likeness (QED) is 0.508. The first kappa shape index (κ1) is 13.1. The number of hydrogen-bond acceptors (Lipinski definition) is 4. The van der Waals surface area contributed by atoms with Crippen molar-refractivity contribution in [2.75, 3.05) is 13.2 Å². The van der Waals surface area contributed by atoms with Gasteiger partial charge in [0.15, 0.2) is 0 Å². The van der Waals surface area contributed by atoms with Gasteiger partial charge in [-0.05, 0) is 12.1 Å². The number of carbonyl (C=O) groups is 1. The zero-order valence-corrected chi connectivity index (χ0v) is 10.3. The zero-order valence-electron chi connectivity index (χ0n) is 10.3. The summed E-state index contributed by atoms with van der Waals surface area (Å²) in [6.45, 7) is 3.53. The van der Waals surface area contributed by atoms with Crippen molar-refractivity contribution in [1.82, 2.24) is 0 Å². The molecular formula is C15H14O4. The molecule has 0 aromatic heterocycles. The van der Waals surface area contributed by atoms with E-state index in [1.165, 1.54) is 0 Å². The minimum Gasteiger partial charge on any atom is -0.491 e. The van der Waals surface area contributed by atoms with Crippen molar-refractivity contribution in [2.24, 2.45) is 0 Å². The number of hydrogen-bond donors (Lipinski definition) is 1.